The van der Waals surface area contributed by atoms with Crippen LogP contribution in [-0.2, 0) is 25.7 Å². The number of alkyl carbamates (subject to hydrolysis) is 1. The van der Waals surface area contributed by atoms with Gasteiger partial charge in [-0.1, -0.05) is 30.3 Å². The van der Waals surface area contributed by atoms with Crippen LogP contribution in [-0.4, -0.2) is 48.9 Å². The quantitative estimate of drug-likeness (QED) is 0.532. The number of nitriles is 1. The highest BCUT2D eigenvalue weighted by molar-refractivity contribution is 5.89. The van der Waals surface area contributed by atoms with Crippen molar-refractivity contribution in [1.29, 1.82) is 5.26 Å². The Balaban J connectivity index is 2.61. The molecule has 0 saturated heterocycles. The maximum Gasteiger partial charge on any atom is 0.408 e. The lowest BCUT2D eigenvalue weighted by Gasteiger charge is -2.21. The first-order valence-electron chi connectivity index (χ1n) is 8.27. The molecule has 0 radical (unpaired) electrons. The molecule has 0 spiro atoms. The molecule has 9 heteroatoms. The van der Waals surface area contributed by atoms with Crippen LogP contribution in [0.2, 0.25) is 0 Å². The van der Waals surface area contributed by atoms with Crippen molar-refractivity contribution in [3.05, 3.63) is 35.9 Å². The number of hydrogen-bond donors (Lipinski definition) is 3. The van der Waals surface area contributed by atoms with Crippen molar-refractivity contribution >= 4 is 18.0 Å². The second-order valence-electron chi connectivity index (χ2n) is 5.79. The van der Waals surface area contributed by atoms with Crippen molar-refractivity contribution < 1.29 is 29.0 Å². The molecule has 0 aliphatic carbocycles. The predicted octanol–water partition coefficient (Wildman–Crippen LogP) is 0.481. The van der Waals surface area contributed by atoms with E-state index in [2.05, 4.69) is 15.4 Å². The lowest BCUT2D eigenvalue weighted by atomic mass is 10.0. The Bertz CT molecular complexity index is 673. The minimum atomic E-state index is -1.32. The fourth-order valence-corrected chi connectivity index (χ4v) is 2.14. The number of nitrogens with one attached hydrogen (secondary N) is 2. The molecule has 1 aromatic rings. The zero-order valence-electron chi connectivity index (χ0n) is 15.2. The Morgan fingerprint density at radius 3 is 2.41 bits per heavy atom. The lowest BCUT2D eigenvalue weighted by Crippen LogP contribution is -2.53. The van der Waals surface area contributed by atoms with E-state index in [1.165, 1.54) is 0 Å². The summed E-state index contributed by atoms with van der Waals surface area (Å²) < 4.78 is 9.59. The molecule has 9 nitrogen and oxygen atoms in total. The molecule has 0 heterocycles. The van der Waals surface area contributed by atoms with Crippen molar-refractivity contribution in [2.45, 2.75) is 32.0 Å². The minimum absolute atomic E-state index is 0.00306. The van der Waals surface area contributed by atoms with Crippen molar-refractivity contribution in [3.63, 3.8) is 0 Å². The maximum absolute atomic E-state index is 12.3. The molecule has 1 aromatic carbocycles. The Labute approximate surface area is 157 Å². The largest absolute Gasteiger partial charge is 0.467 e. The summed E-state index contributed by atoms with van der Waals surface area (Å²) in [5.74, 6) is -2.03. The molecule has 3 N–H and O–H groups in total. The number of amides is 2. The molecule has 0 bridgehead atoms. The number of esters is 1. The molecule has 0 aliphatic rings. The van der Waals surface area contributed by atoms with E-state index < -0.39 is 42.6 Å². The molecule has 0 unspecified atom stereocenters. The molecule has 2 amide bonds. The molecule has 0 aliphatic heterocycles. The smallest absolute Gasteiger partial charge is 0.408 e. The topological polar surface area (TPSA) is 138 Å². The molecule has 0 fully saturated rings. The van der Waals surface area contributed by atoms with Gasteiger partial charge in [-0.2, -0.15) is 5.26 Å². The van der Waals surface area contributed by atoms with Crippen LogP contribution in [0, 0.1) is 17.2 Å². The normalized spacial score (nSPS) is 13.4. The summed E-state index contributed by atoms with van der Waals surface area (Å²) in [6, 6.07) is 8.48. The molecule has 27 heavy (non-hydrogen) atoms. The number of benzene rings is 1. The number of aliphatic hydroxyl groups excluding tert-OH is 1. The molecule has 0 aromatic heterocycles. The molecular formula is C18H23N3O6. The number of carbonyl (C=O) groups is 3. The van der Waals surface area contributed by atoms with Crippen LogP contribution in [0.15, 0.2) is 30.3 Å². The van der Waals surface area contributed by atoms with Crippen LogP contribution in [0.4, 0.5) is 4.79 Å². The predicted molar refractivity (Wildman–Crippen MR) is 94.0 cm³/mol. The summed E-state index contributed by atoms with van der Waals surface area (Å²) in [7, 11) is 1.15. The molecule has 3 atom stereocenters. The highest BCUT2D eigenvalue weighted by Gasteiger charge is 2.28. The number of nitrogens with zero attached hydrogens (tertiary/aromatic N) is 1. The third-order valence-electron chi connectivity index (χ3n) is 3.62. The van der Waals surface area contributed by atoms with Crippen molar-refractivity contribution in [2.24, 2.45) is 5.92 Å². The van der Waals surface area contributed by atoms with Gasteiger partial charge in [-0.05, 0) is 18.9 Å². The minimum Gasteiger partial charge on any atom is -0.467 e. The first kappa shape index (κ1) is 21.9. The van der Waals surface area contributed by atoms with Gasteiger partial charge >= 0.3 is 12.1 Å². The molecular weight excluding hydrogens is 354 g/mol. The van der Waals surface area contributed by atoms with Gasteiger partial charge in [-0.25, -0.2) is 9.59 Å². The van der Waals surface area contributed by atoms with E-state index in [1.54, 1.807) is 31.2 Å². The summed E-state index contributed by atoms with van der Waals surface area (Å²) >= 11 is 0. The standard InChI is InChI=1S/C18H23N3O6/c1-12(9-19)8-14(17(24)26-2)20-16(23)15(10-22)21-18(25)27-11-13-6-4-3-5-7-13/h3-7,12,14-15,22H,8,10-11H2,1-2H3,(H,20,23)(H,21,25)/t12-,14-,15+/m1/s1. The Kier molecular flexibility index (Phi) is 9.33. The second kappa shape index (κ2) is 11.5. The van der Waals surface area contributed by atoms with Gasteiger partial charge in [-0.15, -0.1) is 0 Å². The summed E-state index contributed by atoms with van der Waals surface area (Å²) in [6.45, 7) is 0.885. The van der Waals surface area contributed by atoms with Crippen LogP contribution in [0.1, 0.15) is 18.9 Å². The average Bonchev–Trinajstić information content (AvgIpc) is 2.69. The third kappa shape index (κ3) is 7.75. The van der Waals surface area contributed by atoms with Gasteiger partial charge in [0.25, 0.3) is 0 Å². The van der Waals surface area contributed by atoms with Gasteiger partial charge in [0, 0.05) is 5.92 Å². The maximum atomic E-state index is 12.3. The van der Waals surface area contributed by atoms with E-state index in [-0.39, 0.29) is 13.0 Å². The molecule has 146 valence electrons. The zero-order valence-corrected chi connectivity index (χ0v) is 15.2. The number of methoxy groups -OCH3 is 1. The third-order valence-corrected chi connectivity index (χ3v) is 3.62. The number of carbonyl (C=O) groups excluding carboxylic acids is 3. The Morgan fingerprint density at radius 2 is 1.85 bits per heavy atom. The van der Waals surface area contributed by atoms with Crippen LogP contribution < -0.4 is 10.6 Å². The van der Waals surface area contributed by atoms with Crippen LogP contribution in [0.3, 0.4) is 0 Å². The monoisotopic (exact) mass is 377 g/mol. The SMILES string of the molecule is COC(=O)[C@@H](C[C@@H](C)C#N)NC(=O)[C@H](CO)NC(=O)OCc1ccccc1. The van der Waals surface area contributed by atoms with E-state index in [4.69, 9.17) is 10.00 Å². The van der Waals surface area contributed by atoms with Gasteiger partial charge in [0.1, 0.15) is 18.7 Å². The summed E-state index contributed by atoms with van der Waals surface area (Å²) in [5, 5.41) is 22.8. The van der Waals surface area contributed by atoms with Crippen molar-refractivity contribution in [1.82, 2.24) is 10.6 Å². The van der Waals surface area contributed by atoms with Gasteiger partial charge in [0.2, 0.25) is 5.91 Å². The first-order chi connectivity index (χ1) is 12.9. The number of aliphatic hydroxyl groups is 1. The fraction of sp³-hybridized carbons (Fsp3) is 0.444. The highest BCUT2D eigenvalue weighted by Crippen LogP contribution is 2.07. The summed E-state index contributed by atoms with van der Waals surface area (Å²) in [6.07, 6.45) is -0.862. The van der Waals surface area contributed by atoms with Crippen molar-refractivity contribution in [2.75, 3.05) is 13.7 Å². The van der Waals surface area contributed by atoms with Crippen LogP contribution >= 0.6 is 0 Å². The van der Waals surface area contributed by atoms with Gasteiger partial charge in [0.15, 0.2) is 0 Å². The number of hydrogen-bond acceptors (Lipinski definition) is 7. The van der Waals surface area contributed by atoms with E-state index in [0.717, 1.165) is 12.7 Å². The first-order valence-corrected chi connectivity index (χ1v) is 8.27. The van der Waals surface area contributed by atoms with Gasteiger partial charge < -0.3 is 25.2 Å². The van der Waals surface area contributed by atoms with E-state index in [0.29, 0.717) is 0 Å². The fourth-order valence-electron chi connectivity index (χ4n) is 2.14. The zero-order chi connectivity index (χ0) is 20.2. The Morgan fingerprint density at radius 1 is 1.19 bits per heavy atom. The van der Waals surface area contributed by atoms with Gasteiger partial charge in [0.05, 0.1) is 19.8 Å². The van der Waals surface area contributed by atoms with Gasteiger partial charge in [-0.3, -0.25) is 4.79 Å². The number of rotatable bonds is 9. The Hall–Kier alpha value is -3.12. The summed E-state index contributed by atoms with van der Waals surface area (Å²) in [5.41, 5.74) is 0.758. The lowest BCUT2D eigenvalue weighted by molar-refractivity contribution is -0.145. The number of ether oxygens (including phenoxy) is 2. The average molecular weight is 377 g/mol. The molecule has 0 saturated carbocycles. The second-order valence-corrected chi connectivity index (χ2v) is 5.79. The van der Waals surface area contributed by atoms with E-state index in [9.17, 15) is 19.5 Å². The van der Waals surface area contributed by atoms with Crippen molar-refractivity contribution in [3.8, 4) is 6.07 Å². The highest BCUT2D eigenvalue weighted by atomic mass is 16.5. The summed E-state index contributed by atoms with van der Waals surface area (Å²) in [4.78, 5) is 35.9. The van der Waals surface area contributed by atoms with Crippen LogP contribution in [0.5, 0.6) is 0 Å². The van der Waals surface area contributed by atoms with Crippen LogP contribution in [0.25, 0.3) is 0 Å². The van der Waals surface area contributed by atoms with E-state index in [1.807, 2.05) is 12.1 Å². The van der Waals surface area contributed by atoms with E-state index >= 15 is 0 Å². The molecule has 1 rings (SSSR count).